The average molecular weight is 228 g/mol. The smallest absolute Gasteiger partial charge is 0.0574 e. The second kappa shape index (κ2) is 11.4. The van der Waals surface area contributed by atoms with Crippen molar-refractivity contribution in [3.8, 4) is 0 Å². The maximum atomic E-state index is 3.53. The minimum absolute atomic E-state index is 0.584. The summed E-state index contributed by atoms with van der Waals surface area (Å²) in [7, 11) is 0. The summed E-state index contributed by atoms with van der Waals surface area (Å²) in [6, 6.07) is 0. The van der Waals surface area contributed by atoms with Gasteiger partial charge in [-0.1, -0.05) is 53.4 Å². The van der Waals surface area contributed by atoms with Gasteiger partial charge in [-0.15, -0.1) is 0 Å². The van der Waals surface area contributed by atoms with Crippen LogP contribution in [0.2, 0.25) is 0 Å². The lowest BCUT2D eigenvalue weighted by Gasteiger charge is -2.27. The van der Waals surface area contributed by atoms with Crippen molar-refractivity contribution >= 4 is 0 Å². The molecule has 2 N–H and O–H groups in total. The van der Waals surface area contributed by atoms with Crippen LogP contribution < -0.4 is 10.6 Å². The molecule has 98 valence electrons. The summed E-state index contributed by atoms with van der Waals surface area (Å²) in [6.45, 7) is 11.0. The largest absolute Gasteiger partial charge is 0.302 e. The minimum Gasteiger partial charge on any atom is -0.302 e. The molecule has 1 atom stereocenters. The lowest BCUT2D eigenvalue weighted by molar-refractivity contribution is 0.301. The molecule has 0 aliphatic carbocycles. The van der Waals surface area contributed by atoms with Crippen molar-refractivity contribution in [1.82, 2.24) is 10.6 Å². The zero-order chi connectivity index (χ0) is 12.2. The molecule has 16 heavy (non-hydrogen) atoms. The fraction of sp³-hybridized carbons (Fsp3) is 1.00. The number of hydrogen-bond donors (Lipinski definition) is 2. The molecule has 1 aliphatic rings. The van der Waals surface area contributed by atoms with Crippen molar-refractivity contribution < 1.29 is 0 Å². The quantitative estimate of drug-likeness (QED) is 0.680. The molecule has 1 saturated heterocycles. The van der Waals surface area contributed by atoms with Gasteiger partial charge in [0.15, 0.2) is 0 Å². The fourth-order valence-electron chi connectivity index (χ4n) is 2.14. The predicted octanol–water partition coefficient (Wildman–Crippen LogP) is 3.53. The van der Waals surface area contributed by atoms with Crippen LogP contribution in [0.1, 0.15) is 66.2 Å². The Morgan fingerprint density at radius 2 is 1.75 bits per heavy atom. The molecule has 1 rings (SSSR count). The Morgan fingerprint density at radius 1 is 1.12 bits per heavy atom. The van der Waals surface area contributed by atoms with E-state index in [1.807, 2.05) is 13.8 Å². The number of unbranched alkanes of at least 4 members (excludes halogenated alkanes) is 2. The first-order valence-electron chi connectivity index (χ1n) is 7.29. The van der Waals surface area contributed by atoms with Gasteiger partial charge in [0.25, 0.3) is 0 Å². The highest BCUT2D eigenvalue weighted by Crippen LogP contribution is 2.14. The van der Waals surface area contributed by atoms with Crippen molar-refractivity contribution in [3.05, 3.63) is 0 Å². The summed E-state index contributed by atoms with van der Waals surface area (Å²) >= 11 is 0. The van der Waals surface area contributed by atoms with Crippen LogP contribution in [-0.2, 0) is 0 Å². The second-order valence-electron chi connectivity index (χ2n) is 4.65. The molecule has 0 amide bonds. The molecule has 0 bridgehead atoms. The Kier molecular flexibility index (Phi) is 11.3. The van der Waals surface area contributed by atoms with Crippen molar-refractivity contribution in [2.75, 3.05) is 13.1 Å². The van der Waals surface area contributed by atoms with E-state index in [1.54, 1.807) is 0 Å². The molecule has 1 aliphatic heterocycles. The van der Waals surface area contributed by atoms with E-state index in [0.717, 1.165) is 5.92 Å². The molecule has 0 aromatic rings. The first-order chi connectivity index (χ1) is 7.83. The van der Waals surface area contributed by atoms with E-state index < -0.39 is 0 Å². The van der Waals surface area contributed by atoms with E-state index in [0.29, 0.717) is 6.17 Å². The van der Waals surface area contributed by atoms with E-state index in [1.165, 1.54) is 51.6 Å². The molecule has 0 radical (unpaired) electrons. The monoisotopic (exact) mass is 228 g/mol. The van der Waals surface area contributed by atoms with E-state index in [2.05, 4.69) is 24.5 Å². The van der Waals surface area contributed by atoms with Gasteiger partial charge in [-0.3, -0.25) is 0 Å². The standard InChI is InChI=1S/C12H26N2.C2H6/c1-3-4-5-7-11(2)10-12-13-8-6-9-14-12;1-2/h11-14H,3-10H2,1-2H3;1-2H3. The predicted molar refractivity (Wildman–Crippen MR) is 73.7 cm³/mol. The third-order valence-corrected chi connectivity index (χ3v) is 3.07. The van der Waals surface area contributed by atoms with E-state index >= 15 is 0 Å². The molecule has 2 heteroatoms. The van der Waals surface area contributed by atoms with Gasteiger partial charge in [0, 0.05) is 0 Å². The molecular formula is C14H32N2. The molecule has 0 aromatic carbocycles. The molecule has 1 unspecified atom stereocenters. The van der Waals surface area contributed by atoms with Crippen LogP contribution in [-0.4, -0.2) is 19.3 Å². The van der Waals surface area contributed by atoms with E-state index in [-0.39, 0.29) is 0 Å². The summed E-state index contributed by atoms with van der Waals surface area (Å²) in [5.74, 6) is 0.865. The number of nitrogens with one attached hydrogen (secondary N) is 2. The maximum absolute atomic E-state index is 3.53. The Balaban J connectivity index is 0.00000106. The summed E-state index contributed by atoms with van der Waals surface area (Å²) in [6.07, 6.45) is 8.70. The lowest BCUT2D eigenvalue weighted by atomic mass is 9.98. The number of rotatable bonds is 6. The third-order valence-electron chi connectivity index (χ3n) is 3.07. The van der Waals surface area contributed by atoms with Crippen LogP contribution in [0.15, 0.2) is 0 Å². The van der Waals surface area contributed by atoms with Crippen LogP contribution in [0.3, 0.4) is 0 Å². The minimum atomic E-state index is 0.584. The highest BCUT2D eigenvalue weighted by molar-refractivity contribution is 4.72. The molecule has 1 heterocycles. The zero-order valence-electron chi connectivity index (χ0n) is 11.8. The maximum Gasteiger partial charge on any atom is 0.0574 e. The highest BCUT2D eigenvalue weighted by atomic mass is 15.1. The molecule has 0 aromatic heterocycles. The average Bonchev–Trinajstić information content (AvgIpc) is 2.33. The molecule has 2 nitrogen and oxygen atoms in total. The fourth-order valence-corrected chi connectivity index (χ4v) is 2.14. The van der Waals surface area contributed by atoms with Crippen LogP contribution >= 0.6 is 0 Å². The first-order valence-corrected chi connectivity index (χ1v) is 7.29. The summed E-state index contributed by atoms with van der Waals surface area (Å²) < 4.78 is 0. The van der Waals surface area contributed by atoms with Gasteiger partial charge in [-0.25, -0.2) is 0 Å². The topological polar surface area (TPSA) is 24.1 Å². The van der Waals surface area contributed by atoms with Gasteiger partial charge in [0.2, 0.25) is 0 Å². The molecular weight excluding hydrogens is 196 g/mol. The Hall–Kier alpha value is -0.0800. The zero-order valence-corrected chi connectivity index (χ0v) is 11.8. The first kappa shape index (κ1) is 15.9. The lowest BCUT2D eigenvalue weighted by Crippen LogP contribution is -2.48. The van der Waals surface area contributed by atoms with Gasteiger partial charge in [-0.05, 0) is 31.8 Å². The third kappa shape index (κ3) is 8.12. The van der Waals surface area contributed by atoms with Crippen LogP contribution in [0.5, 0.6) is 0 Å². The highest BCUT2D eigenvalue weighted by Gasteiger charge is 2.14. The van der Waals surface area contributed by atoms with Crippen molar-refractivity contribution in [2.24, 2.45) is 5.92 Å². The van der Waals surface area contributed by atoms with Crippen LogP contribution in [0.25, 0.3) is 0 Å². The van der Waals surface area contributed by atoms with Crippen molar-refractivity contribution in [2.45, 2.75) is 72.4 Å². The van der Waals surface area contributed by atoms with Gasteiger partial charge in [-0.2, -0.15) is 0 Å². The summed E-state index contributed by atoms with van der Waals surface area (Å²) in [4.78, 5) is 0. The van der Waals surface area contributed by atoms with Gasteiger partial charge in [0.1, 0.15) is 0 Å². The molecule has 1 fully saturated rings. The summed E-state index contributed by atoms with van der Waals surface area (Å²) in [5.41, 5.74) is 0. The molecule has 0 spiro atoms. The number of hydrogen-bond acceptors (Lipinski definition) is 2. The molecule has 0 saturated carbocycles. The Labute approximate surface area is 103 Å². The van der Waals surface area contributed by atoms with Crippen LogP contribution in [0.4, 0.5) is 0 Å². The van der Waals surface area contributed by atoms with Crippen molar-refractivity contribution in [3.63, 3.8) is 0 Å². The van der Waals surface area contributed by atoms with E-state index in [9.17, 15) is 0 Å². The summed E-state index contributed by atoms with van der Waals surface area (Å²) in [5, 5.41) is 7.06. The SMILES string of the molecule is CC.CCCCCC(C)CC1NCCCN1. The second-order valence-corrected chi connectivity index (χ2v) is 4.65. The van der Waals surface area contributed by atoms with Gasteiger partial charge in [0.05, 0.1) is 6.17 Å². The van der Waals surface area contributed by atoms with Gasteiger partial charge >= 0.3 is 0 Å². The van der Waals surface area contributed by atoms with Crippen molar-refractivity contribution in [1.29, 1.82) is 0 Å². The van der Waals surface area contributed by atoms with E-state index in [4.69, 9.17) is 0 Å². The van der Waals surface area contributed by atoms with Crippen LogP contribution in [0, 0.1) is 5.92 Å². The normalized spacial score (nSPS) is 18.8. The van der Waals surface area contributed by atoms with Gasteiger partial charge < -0.3 is 10.6 Å². The Morgan fingerprint density at radius 3 is 2.31 bits per heavy atom. The Bertz CT molecular complexity index is 131.